The van der Waals surface area contributed by atoms with Crippen LogP contribution in [0.1, 0.15) is 11.1 Å². The fourth-order valence-corrected chi connectivity index (χ4v) is 2.26. The topological polar surface area (TPSA) is 25.8 Å². The molecule has 2 heterocycles. The van der Waals surface area contributed by atoms with Crippen molar-refractivity contribution in [1.29, 1.82) is 0 Å². The maximum absolute atomic E-state index is 13.0. The third-order valence-corrected chi connectivity index (χ3v) is 3.17. The highest BCUT2D eigenvalue weighted by atomic mass is 32.1. The smallest absolute Gasteiger partial charge is 0.170 e. The van der Waals surface area contributed by atoms with Crippen LogP contribution in [0.15, 0.2) is 36.0 Å². The number of benzene rings is 1. The summed E-state index contributed by atoms with van der Waals surface area (Å²) in [7, 11) is 0. The molecule has 0 bridgehead atoms. The first kappa shape index (κ1) is 11.8. The molecule has 1 aromatic carbocycles. The Morgan fingerprint density at radius 2 is 1.63 bits per heavy atom. The molecule has 2 nitrogen and oxygen atoms in total. The van der Waals surface area contributed by atoms with E-state index in [-0.39, 0.29) is 0 Å². The van der Waals surface area contributed by atoms with Crippen molar-refractivity contribution >= 4 is 21.7 Å². The molecule has 19 heavy (non-hydrogen) atoms. The van der Waals surface area contributed by atoms with Gasteiger partial charge < -0.3 is 0 Å². The normalized spacial score (nSPS) is 10.2. The average Bonchev–Trinajstić information content (AvgIpc) is 2.82. The van der Waals surface area contributed by atoms with Gasteiger partial charge in [0.2, 0.25) is 0 Å². The molecule has 0 saturated heterocycles. The number of nitrogens with zero attached hydrogens (tertiary/aromatic N) is 2. The van der Waals surface area contributed by atoms with E-state index in [1.807, 2.05) is 6.07 Å². The Balaban J connectivity index is 1.98. The first-order chi connectivity index (χ1) is 9.20. The van der Waals surface area contributed by atoms with Gasteiger partial charge in [-0.1, -0.05) is 11.8 Å². The molecule has 0 unspecified atom stereocenters. The molecule has 5 heteroatoms. The van der Waals surface area contributed by atoms with Crippen molar-refractivity contribution in [1.82, 2.24) is 9.97 Å². The molecular formula is C14H6F2N2S. The standard InChI is InChI=1S/C14H6F2N2S/c15-11-3-9(4-12(16)6-11)1-2-10-5-13-14(17-7-10)18-8-19-13/h3-8H. The Morgan fingerprint density at radius 1 is 0.895 bits per heavy atom. The van der Waals surface area contributed by atoms with Crippen LogP contribution in [0.25, 0.3) is 10.3 Å². The van der Waals surface area contributed by atoms with Gasteiger partial charge in [0.25, 0.3) is 0 Å². The first-order valence-electron chi connectivity index (χ1n) is 5.38. The molecule has 0 radical (unpaired) electrons. The fraction of sp³-hybridized carbons (Fsp3) is 0. The summed E-state index contributed by atoms with van der Waals surface area (Å²) >= 11 is 1.47. The van der Waals surface area contributed by atoms with Crippen LogP contribution in [0.4, 0.5) is 8.78 Å². The molecule has 92 valence electrons. The van der Waals surface area contributed by atoms with E-state index in [4.69, 9.17) is 0 Å². The van der Waals surface area contributed by atoms with Gasteiger partial charge in [-0.15, -0.1) is 11.3 Å². The minimum atomic E-state index is -0.639. The highest BCUT2D eigenvalue weighted by Crippen LogP contribution is 2.16. The molecule has 3 rings (SSSR count). The lowest BCUT2D eigenvalue weighted by Crippen LogP contribution is -1.84. The summed E-state index contributed by atoms with van der Waals surface area (Å²) in [4.78, 5) is 8.20. The number of pyridine rings is 1. The van der Waals surface area contributed by atoms with Gasteiger partial charge in [0, 0.05) is 23.4 Å². The summed E-state index contributed by atoms with van der Waals surface area (Å²) in [6.07, 6.45) is 1.59. The molecule has 0 fully saturated rings. The lowest BCUT2D eigenvalue weighted by atomic mass is 10.2. The molecule has 0 N–H and O–H groups in total. The predicted molar refractivity (Wildman–Crippen MR) is 69.8 cm³/mol. The average molecular weight is 272 g/mol. The highest BCUT2D eigenvalue weighted by molar-refractivity contribution is 7.16. The highest BCUT2D eigenvalue weighted by Gasteiger charge is 1.99. The van der Waals surface area contributed by atoms with Crippen LogP contribution >= 0.6 is 11.3 Å². The fourth-order valence-electron chi connectivity index (χ4n) is 1.59. The van der Waals surface area contributed by atoms with Crippen molar-refractivity contribution in [3.05, 3.63) is 58.7 Å². The van der Waals surface area contributed by atoms with E-state index in [2.05, 4.69) is 21.8 Å². The Bertz CT molecular complexity index is 795. The minimum absolute atomic E-state index is 0.293. The van der Waals surface area contributed by atoms with Gasteiger partial charge in [-0.3, -0.25) is 0 Å². The van der Waals surface area contributed by atoms with Crippen LogP contribution in [0, 0.1) is 23.5 Å². The summed E-state index contributed by atoms with van der Waals surface area (Å²) in [6, 6.07) is 5.04. The van der Waals surface area contributed by atoms with Crippen molar-refractivity contribution in [2.75, 3.05) is 0 Å². The minimum Gasteiger partial charge on any atom is -0.235 e. The van der Waals surface area contributed by atoms with Gasteiger partial charge in [0.1, 0.15) is 11.6 Å². The number of hydrogen-bond acceptors (Lipinski definition) is 3. The summed E-state index contributed by atoms with van der Waals surface area (Å²) < 4.78 is 26.9. The van der Waals surface area contributed by atoms with E-state index in [1.165, 1.54) is 23.5 Å². The van der Waals surface area contributed by atoms with Gasteiger partial charge in [0.15, 0.2) is 5.65 Å². The number of hydrogen-bond donors (Lipinski definition) is 0. The predicted octanol–water partition coefficient (Wildman–Crippen LogP) is 3.37. The summed E-state index contributed by atoms with van der Waals surface area (Å²) in [5, 5.41) is 0. The Labute approximate surface area is 111 Å². The van der Waals surface area contributed by atoms with Gasteiger partial charge in [0.05, 0.1) is 10.2 Å². The van der Waals surface area contributed by atoms with E-state index < -0.39 is 11.6 Å². The van der Waals surface area contributed by atoms with Crippen LogP contribution in [-0.2, 0) is 0 Å². The molecule has 0 saturated carbocycles. The molecule has 3 aromatic rings. The van der Waals surface area contributed by atoms with E-state index >= 15 is 0 Å². The molecule has 0 aliphatic heterocycles. The van der Waals surface area contributed by atoms with Crippen molar-refractivity contribution in [3.63, 3.8) is 0 Å². The van der Waals surface area contributed by atoms with Crippen LogP contribution in [0.2, 0.25) is 0 Å². The van der Waals surface area contributed by atoms with Crippen molar-refractivity contribution in [3.8, 4) is 11.8 Å². The number of aromatic nitrogens is 2. The largest absolute Gasteiger partial charge is 0.235 e. The Morgan fingerprint density at radius 3 is 2.42 bits per heavy atom. The van der Waals surface area contributed by atoms with Crippen LogP contribution < -0.4 is 0 Å². The molecule has 2 aromatic heterocycles. The molecule has 0 aliphatic carbocycles. The van der Waals surface area contributed by atoms with E-state index in [0.29, 0.717) is 16.8 Å². The number of rotatable bonds is 0. The van der Waals surface area contributed by atoms with E-state index in [1.54, 1.807) is 11.7 Å². The van der Waals surface area contributed by atoms with Crippen LogP contribution in [-0.4, -0.2) is 9.97 Å². The maximum Gasteiger partial charge on any atom is 0.170 e. The van der Waals surface area contributed by atoms with Crippen molar-refractivity contribution in [2.24, 2.45) is 0 Å². The number of halogens is 2. The zero-order valence-electron chi connectivity index (χ0n) is 9.52. The summed E-state index contributed by atoms with van der Waals surface area (Å²) in [5.74, 6) is 4.27. The SMILES string of the molecule is Fc1cc(F)cc(C#Cc2cnc3ncsc3c2)c1. The Hall–Kier alpha value is -2.32. The third-order valence-electron chi connectivity index (χ3n) is 2.40. The molecule has 0 atom stereocenters. The van der Waals surface area contributed by atoms with Gasteiger partial charge in [-0.05, 0) is 18.2 Å². The van der Waals surface area contributed by atoms with Crippen molar-refractivity contribution < 1.29 is 8.78 Å². The van der Waals surface area contributed by atoms with Gasteiger partial charge in [-0.25, -0.2) is 18.7 Å². The lowest BCUT2D eigenvalue weighted by molar-refractivity contribution is 0.582. The zero-order chi connectivity index (χ0) is 13.2. The summed E-state index contributed by atoms with van der Waals surface area (Å²) in [6.45, 7) is 0. The van der Waals surface area contributed by atoms with Crippen LogP contribution in [0.3, 0.4) is 0 Å². The number of fused-ring (bicyclic) bond motifs is 1. The lowest BCUT2D eigenvalue weighted by Gasteiger charge is -1.93. The van der Waals surface area contributed by atoms with Crippen LogP contribution in [0.5, 0.6) is 0 Å². The van der Waals surface area contributed by atoms with Gasteiger partial charge >= 0.3 is 0 Å². The molecular weight excluding hydrogens is 266 g/mol. The third kappa shape index (κ3) is 2.59. The quantitative estimate of drug-likeness (QED) is 0.586. The summed E-state index contributed by atoms with van der Waals surface area (Å²) in [5.41, 5.74) is 3.35. The maximum atomic E-state index is 13.0. The second kappa shape index (κ2) is 4.75. The van der Waals surface area contributed by atoms with Crippen molar-refractivity contribution in [2.45, 2.75) is 0 Å². The molecule has 0 spiro atoms. The monoisotopic (exact) mass is 272 g/mol. The second-order valence-corrected chi connectivity index (χ2v) is 4.69. The first-order valence-corrected chi connectivity index (χ1v) is 6.26. The van der Waals surface area contributed by atoms with E-state index in [0.717, 1.165) is 10.8 Å². The Kier molecular flexibility index (Phi) is 2.94. The molecule has 0 amide bonds. The zero-order valence-corrected chi connectivity index (χ0v) is 10.3. The second-order valence-electron chi connectivity index (χ2n) is 3.81. The molecule has 0 aliphatic rings. The van der Waals surface area contributed by atoms with Gasteiger partial charge in [-0.2, -0.15) is 0 Å². The van der Waals surface area contributed by atoms with E-state index in [9.17, 15) is 8.78 Å². The number of thiazole rings is 1.